The van der Waals surface area contributed by atoms with Gasteiger partial charge in [-0.2, -0.15) is 5.10 Å². The van der Waals surface area contributed by atoms with Crippen molar-refractivity contribution in [2.24, 2.45) is 0 Å². The first-order valence-electron chi connectivity index (χ1n) is 7.39. The van der Waals surface area contributed by atoms with Crippen molar-refractivity contribution in [3.05, 3.63) is 36.7 Å². The van der Waals surface area contributed by atoms with Crippen molar-refractivity contribution in [2.45, 2.75) is 16.5 Å². The van der Waals surface area contributed by atoms with Gasteiger partial charge in [-0.25, -0.2) is 13.4 Å². The van der Waals surface area contributed by atoms with Gasteiger partial charge in [-0.05, 0) is 24.2 Å². The van der Waals surface area contributed by atoms with Gasteiger partial charge in [0.05, 0.1) is 16.3 Å². The second-order valence-corrected chi connectivity index (χ2v) is 8.08. The van der Waals surface area contributed by atoms with Crippen molar-refractivity contribution < 1.29 is 18.6 Å². The van der Waals surface area contributed by atoms with E-state index >= 15 is 0 Å². The Morgan fingerprint density at radius 1 is 1.24 bits per heavy atom. The van der Waals surface area contributed by atoms with E-state index < -0.39 is 10.0 Å². The quantitative estimate of drug-likeness (QED) is 0.461. The molecule has 0 aliphatic heterocycles. The van der Waals surface area contributed by atoms with E-state index in [4.69, 9.17) is 5.11 Å². The average Bonchev–Trinajstić information content (AvgIpc) is 3.10. The van der Waals surface area contributed by atoms with E-state index in [1.54, 1.807) is 30.3 Å². The van der Waals surface area contributed by atoms with Gasteiger partial charge in [-0.1, -0.05) is 24.3 Å². The number of aliphatic hydroxyl groups is 1. The maximum absolute atomic E-state index is 12.2. The number of fused-ring (bicyclic) bond motifs is 1. The molecule has 25 heavy (non-hydrogen) atoms. The van der Waals surface area contributed by atoms with Gasteiger partial charge in [0.2, 0.25) is 10.0 Å². The molecule has 0 aliphatic carbocycles. The number of aromatic nitrogens is 3. The second-order valence-electron chi connectivity index (χ2n) is 5.21. The van der Waals surface area contributed by atoms with Gasteiger partial charge in [0.25, 0.3) is 0 Å². The van der Waals surface area contributed by atoms with Crippen molar-refractivity contribution in [3.63, 3.8) is 0 Å². The van der Waals surface area contributed by atoms with E-state index in [-0.39, 0.29) is 24.5 Å². The summed E-state index contributed by atoms with van der Waals surface area (Å²) in [5.74, 6) is -0.154. The second kappa shape index (κ2) is 7.30. The van der Waals surface area contributed by atoms with Crippen LogP contribution in [0.3, 0.4) is 0 Å². The number of rotatable bonds is 7. The van der Waals surface area contributed by atoms with E-state index in [2.05, 4.69) is 19.9 Å². The van der Waals surface area contributed by atoms with E-state index in [0.717, 1.165) is 11.8 Å². The lowest BCUT2D eigenvalue weighted by molar-refractivity contribution is 0.295. The fraction of sp³-hybridized carbons (Fsp3) is 0.200. The molecule has 0 atom stereocenters. The van der Waals surface area contributed by atoms with Crippen LogP contribution < -0.4 is 4.72 Å². The third kappa shape index (κ3) is 4.03. The molecule has 3 aromatic rings. The third-order valence-corrected chi connectivity index (χ3v) is 5.70. The molecule has 0 aliphatic rings. The normalized spacial score (nSPS) is 11.7. The van der Waals surface area contributed by atoms with E-state index in [1.807, 2.05) is 0 Å². The summed E-state index contributed by atoms with van der Waals surface area (Å²) in [4.78, 5) is 4.44. The number of H-pyrrole nitrogens is 1. The molecule has 132 valence electrons. The highest BCUT2D eigenvalue weighted by molar-refractivity contribution is 7.99. The molecular formula is C15H16N4O4S2. The molecule has 0 spiro atoms. The van der Waals surface area contributed by atoms with Crippen LogP contribution >= 0.6 is 11.8 Å². The molecule has 10 heteroatoms. The van der Waals surface area contributed by atoms with Crippen LogP contribution in [0.2, 0.25) is 0 Å². The molecule has 0 amide bonds. The SMILES string of the molecule is O=S(=O)(CCCO)Nc1cc(Sc2ncn[nH]2)c(O)c2ccccc12. The van der Waals surface area contributed by atoms with Crippen LogP contribution in [-0.2, 0) is 10.0 Å². The molecule has 3 rings (SSSR count). The summed E-state index contributed by atoms with van der Waals surface area (Å²) >= 11 is 1.14. The Labute approximate surface area is 148 Å². The van der Waals surface area contributed by atoms with Crippen molar-refractivity contribution in [1.29, 1.82) is 0 Å². The number of anilines is 1. The lowest BCUT2D eigenvalue weighted by atomic mass is 10.1. The number of nitrogens with one attached hydrogen (secondary N) is 2. The molecule has 8 nitrogen and oxygen atoms in total. The van der Waals surface area contributed by atoms with Gasteiger partial charge in [0, 0.05) is 17.4 Å². The highest BCUT2D eigenvalue weighted by Crippen LogP contribution is 2.41. The molecule has 0 saturated carbocycles. The third-order valence-electron chi connectivity index (χ3n) is 3.42. The molecule has 1 aromatic heterocycles. The Morgan fingerprint density at radius 2 is 2.00 bits per heavy atom. The Kier molecular flexibility index (Phi) is 5.11. The van der Waals surface area contributed by atoms with Gasteiger partial charge >= 0.3 is 0 Å². The van der Waals surface area contributed by atoms with Crippen molar-refractivity contribution in [1.82, 2.24) is 15.2 Å². The van der Waals surface area contributed by atoms with Gasteiger partial charge in [-0.15, -0.1) is 0 Å². The van der Waals surface area contributed by atoms with Crippen molar-refractivity contribution in [3.8, 4) is 5.75 Å². The van der Waals surface area contributed by atoms with Crippen LogP contribution in [0.25, 0.3) is 10.8 Å². The zero-order chi connectivity index (χ0) is 17.9. The zero-order valence-electron chi connectivity index (χ0n) is 13.0. The lowest BCUT2D eigenvalue weighted by Crippen LogP contribution is -2.17. The Bertz CT molecular complexity index is 975. The summed E-state index contributed by atoms with van der Waals surface area (Å²) in [6.45, 7) is -0.205. The molecule has 0 bridgehead atoms. The number of benzene rings is 2. The number of hydrogen-bond donors (Lipinski definition) is 4. The molecular weight excluding hydrogens is 364 g/mol. The first-order chi connectivity index (χ1) is 12.0. The highest BCUT2D eigenvalue weighted by Gasteiger charge is 2.17. The van der Waals surface area contributed by atoms with Gasteiger partial charge in [0.15, 0.2) is 5.16 Å². The molecule has 2 aromatic carbocycles. The van der Waals surface area contributed by atoms with Crippen LogP contribution in [-0.4, -0.2) is 46.2 Å². The van der Waals surface area contributed by atoms with Gasteiger partial charge in [0.1, 0.15) is 12.1 Å². The maximum atomic E-state index is 12.2. The number of nitrogens with zero attached hydrogens (tertiary/aromatic N) is 2. The van der Waals surface area contributed by atoms with E-state index in [0.29, 0.717) is 26.5 Å². The van der Waals surface area contributed by atoms with Crippen LogP contribution in [0.1, 0.15) is 6.42 Å². The molecule has 0 fully saturated rings. The Balaban J connectivity index is 2.05. The smallest absolute Gasteiger partial charge is 0.232 e. The minimum Gasteiger partial charge on any atom is -0.506 e. The van der Waals surface area contributed by atoms with E-state index in [9.17, 15) is 13.5 Å². The summed E-state index contributed by atoms with van der Waals surface area (Å²) in [6.07, 6.45) is 1.49. The lowest BCUT2D eigenvalue weighted by Gasteiger charge is -2.14. The molecule has 0 unspecified atom stereocenters. The molecule has 4 N–H and O–H groups in total. The number of hydrogen-bond acceptors (Lipinski definition) is 7. The van der Waals surface area contributed by atoms with Gasteiger partial charge < -0.3 is 10.2 Å². The summed E-state index contributed by atoms with van der Waals surface area (Å²) in [5.41, 5.74) is 0.355. The number of aromatic amines is 1. The summed E-state index contributed by atoms with van der Waals surface area (Å²) in [5, 5.41) is 27.4. The molecule has 0 radical (unpaired) electrons. The highest BCUT2D eigenvalue weighted by atomic mass is 32.2. The maximum Gasteiger partial charge on any atom is 0.232 e. The molecule has 1 heterocycles. The Hall–Kier alpha value is -2.30. The van der Waals surface area contributed by atoms with E-state index in [1.165, 1.54) is 6.33 Å². The number of sulfonamides is 1. The average molecular weight is 380 g/mol. The first-order valence-corrected chi connectivity index (χ1v) is 9.86. The number of aliphatic hydroxyl groups excluding tert-OH is 1. The Morgan fingerprint density at radius 3 is 2.68 bits per heavy atom. The van der Waals surface area contributed by atoms with Crippen LogP contribution in [0.15, 0.2) is 46.7 Å². The van der Waals surface area contributed by atoms with Crippen LogP contribution in [0.4, 0.5) is 5.69 Å². The van der Waals surface area contributed by atoms with Gasteiger partial charge in [-0.3, -0.25) is 9.82 Å². The zero-order valence-corrected chi connectivity index (χ0v) is 14.6. The summed E-state index contributed by atoms with van der Waals surface area (Å²) in [6, 6.07) is 8.51. The minimum absolute atomic E-state index is 0.0373. The summed E-state index contributed by atoms with van der Waals surface area (Å²) in [7, 11) is -3.62. The van der Waals surface area contributed by atoms with Crippen molar-refractivity contribution in [2.75, 3.05) is 17.1 Å². The minimum atomic E-state index is -3.62. The summed E-state index contributed by atoms with van der Waals surface area (Å²) < 4.78 is 26.9. The largest absolute Gasteiger partial charge is 0.506 e. The monoisotopic (exact) mass is 380 g/mol. The molecule has 0 saturated heterocycles. The fourth-order valence-electron chi connectivity index (χ4n) is 2.32. The number of aromatic hydroxyl groups is 1. The topological polar surface area (TPSA) is 128 Å². The van der Waals surface area contributed by atoms with Crippen LogP contribution in [0.5, 0.6) is 5.75 Å². The van der Waals surface area contributed by atoms with Crippen LogP contribution in [0, 0.1) is 0 Å². The predicted octanol–water partition coefficient (Wildman–Crippen LogP) is 1.94. The standard InChI is InChI=1S/C15H16N4O4S2/c20-6-3-7-25(22,23)19-12-8-13(24-15-16-9-17-18-15)14(21)11-5-2-1-4-10(11)12/h1-2,4-5,8-9,19-21H,3,6-7H2,(H,16,17,18). The number of phenols is 1. The van der Waals surface area contributed by atoms with Crippen molar-refractivity contribution >= 4 is 38.2 Å². The fourth-order valence-corrected chi connectivity index (χ4v) is 4.22. The number of phenolic OH excluding ortho intramolecular Hbond substituents is 1. The first kappa shape index (κ1) is 17.5. The predicted molar refractivity (Wildman–Crippen MR) is 95.2 cm³/mol.